The molecule has 3 fully saturated rings. The Hall–Kier alpha value is -3.78. The van der Waals surface area contributed by atoms with Crippen LogP contribution in [0.2, 0.25) is 5.02 Å². The van der Waals surface area contributed by atoms with Gasteiger partial charge < -0.3 is 35.2 Å². The van der Waals surface area contributed by atoms with Crippen molar-refractivity contribution >= 4 is 46.7 Å². The summed E-state index contributed by atoms with van der Waals surface area (Å²) in [6.45, 7) is 10.3. The number of nitrogens with zero attached hydrogens (tertiary/aromatic N) is 2. The minimum absolute atomic E-state index is 0.0149. The third-order valence-electron chi connectivity index (χ3n) is 10.0. The Balaban J connectivity index is 1.40. The maximum atomic E-state index is 15.0. The van der Waals surface area contributed by atoms with Crippen molar-refractivity contribution in [1.82, 2.24) is 20.9 Å². The summed E-state index contributed by atoms with van der Waals surface area (Å²) >= 11 is 6.34. The summed E-state index contributed by atoms with van der Waals surface area (Å²) < 4.78 is 25.7. The molecule has 13 nitrogen and oxygen atoms in total. The Labute approximate surface area is 309 Å². The second-order valence-corrected chi connectivity index (χ2v) is 15.9. The molecule has 0 bridgehead atoms. The minimum Gasteiger partial charge on any atom is -0.489 e. The number of likely N-dealkylation sites (tertiary alicyclic amines) is 1. The molecule has 0 aromatic heterocycles. The van der Waals surface area contributed by atoms with E-state index in [0.29, 0.717) is 30.9 Å². The quantitative estimate of drug-likeness (QED) is 0.242. The molecule has 4 atom stereocenters. The molecule has 3 aliphatic heterocycles. The number of carbonyl (C=O) groups excluding carboxylic acids is 5. The van der Waals surface area contributed by atoms with Crippen LogP contribution in [0.15, 0.2) is 17.3 Å². The van der Waals surface area contributed by atoms with Gasteiger partial charge in [-0.15, -0.1) is 0 Å². The maximum absolute atomic E-state index is 15.0. The fourth-order valence-electron chi connectivity index (χ4n) is 7.01. The molecule has 0 unspecified atom stereocenters. The van der Waals surface area contributed by atoms with E-state index in [2.05, 4.69) is 21.1 Å². The van der Waals surface area contributed by atoms with Gasteiger partial charge in [-0.05, 0) is 62.5 Å². The maximum Gasteiger partial charge on any atom is 0.289 e. The van der Waals surface area contributed by atoms with E-state index in [4.69, 9.17) is 25.9 Å². The van der Waals surface area contributed by atoms with Gasteiger partial charge in [0.25, 0.3) is 5.91 Å². The third-order valence-corrected chi connectivity index (χ3v) is 10.3. The molecule has 1 aromatic carbocycles. The second kappa shape index (κ2) is 16.5. The van der Waals surface area contributed by atoms with E-state index in [1.54, 1.807) is 6.92 Å². The lowest BCUT2D eigenvalue weighted by Gasteiger charge is -2.36. The molecule has 5 rings (SSSR count). The monoisotopic (exact) mass is 747 g/mol. The number of nitrogens with one attached hydrogen (secondary N) is 3. The number of hydrogen-bond donors (Lipinski definition) is 3. The van der Waals surface area contributed by atoms with Crippen molar-refractivity contribution in [3.05, 3.63) is 28.5 Å². The number of benzene rings is 1. The lowest BCUT2D eigenvalue weighted by molar-refractivity contribution is -0.145. The molecular weight excluding hydrogens is 697 g/mol. The largest absolute Gasteiger partial charge is 0.489 e. The third kappa shape index (κ3) is 9.41. The summed E-state index contributed by atoms with van der Waals surface area (Å²) in [5, 5.41) is 12.7. The van der Waals surface area contributed by atoms with Crippen LogP contribution in [0.4, 0.5) is 4.39 Å². The van der Waals surface area contributed by atoms with Gasteiger partial charge in [-0.2, -0.15) is 0 Å². The Kier molecular flexibility index (Phi) is 12.5. The number of ether oxygens (including phenoxy) is 2. The molecule has 3 N–H and O–H groups in total. The summed E-state index contributed by atoms with van der Waals surface area (Å²) in [6.07, 6.45) is 4.15. The van der Waals surface area contributed by atoms with E-state index in [-0.39, 0.29) is 67.5 Å². The SMILES string of the molecule is CCC[C@H](NC(=O)[C@@H]1C[C@]2(CC(c3cc(F)c(OCC)c(Cl)c3)=NO2)CN1C(=O)[C@@H](NC(=O)CC1CCOCC1)C(C)(C)C)C(=O)C(=O)NC1CC1. The van der Waals surface area contributed by atoms with E-state index in [1.165, 1.54) is 17.0 Å². The average molecular weight is 748 g/mol. The molecule has 3 heterocycles. The van der Waals surface area contributed by atoms with Crippen LogP contribution in [-0.4, -0.2) is 96.2 Å². The zero-order chi connectivity index (χ0) is 37.8. The van der Waals surface area contributed by atoms with Crippen LogP contribution < -0.4 is 20.7 Å². The van der Waals surface area contributed by atoms with Crippen LogP contribution in [0.1, 0.15) is 98.0 Å². The second-order valence-electron chi connectivity index (χ2n) is 15.5. The van der Waals surface area contributed by atoms with Crippen molar-refractivity contribution in [2.45, 2.75) is 122 Å². The van der Waals surface area contributed by atoms with E-state index < -0.39 is 58.5 Å². The molecule has 15 heteroatoms. The van der Waals surface area contributed by atoms with Crippen molar-refractivity contribution in [1.29, 1.82) is 0 Å². The highest BCUT2D eigenvalue weighted by molar-refractivity contribution is 6.38. The first-order valence-electron chi connectivity index (χ1n) is 18.3. The van der Waals surface area contributed by atoms with Crippen LogP contribution >= 0.6 is 11.6 Å². The Bertz CT molecular complexity index is 1550. The van der Waals surface area contributed by atoms with Gasteiger partial charge in [-0.25, -0.2) is 4.39 Å². The molecular formula is C37H51ClFN5O8. The van der Waals surface area contributed by atoms with E-state index in [1.807, 2.05) is 27.7 Å². The van der Waals surface area contributed by atoms with E-state index in [0.717, 1.165) is 25.7 Å². The molecule has 52 heavy (non-hydrogen) atoms. The van der Waals surface area contributed by atoms with Crippen molar-refractivity contribution in [2.24, 2.45) is 16.5 Å². The van der Waals surface area contributed by atoms with Gasteiger partial charge in [0, 0.05) is 44.1 Å². The van der Waals surface area contributed by atoms with Crippen LogP contribution in [-0.2, 0) is 33.5 Å². The molecule has 4 amide bonds. The summed E-state index contributed by atoms with van der Waals surface area (Å²) in [7, 11) is 0. The average Bonchev–Trinajstić information content (AvgIpc) is 3.68. The van der Waals surface area contributed by atoms with Gasteiger partial charge in [0.15, 0.2) is 17.2 Å². The van der Waals surface area contributed by atoms with Crippen LogP contribution in [0.25, 0.3) is 0 Å². The number of hydrogen-bond acceptors (Lipinski definition) is 9. The molecule has 1 spiro atoms. The van der Waals surface area contributed by atoms with E-state index in [9.17, 15) is 28.4 Å². The number of rotatable bonds is 14. The fraction of sp³-hybridized carbons (Fsp3) is 0.676. The zero-order valence-electron chi connectivity index (χ0n) is 30.7. The van der Waals surface area contributed by atoms with Crippen LogP contribution in [0, 0.1) is 17.2 Å². The van der Waals surface area contributed by atoms with Gasteiger partial charge in [0.1, 0.15) is 12.1 Å². The van der Waals surface area contributed by atoms with Crippen LogP contribution in [0.3, 0.4) is 0 Å². The fourth-order valence-corrected chi connectivity index (χ4v) is 7.27. The molecule has 1 aromatic rings. The number of carbonyl (C=O) groups is 5. The predicted molar refractivity (Wildman–Crippen MR) is 190 cm³/mol. The van der Waals surface area contributed by atoms with Crippen molar-refractivity contribution in [2.75, 3.05) is 26.4 Å². The highest BCUT2D eigenvalue weighted by Gasteiger charge is 2.56. The molecule has 1 aliphatic carbocycles. The lowest BCUT2D eigenvalue weighted by atomic mass is 9.85. The van der Waals surface area contributed by atoms with Crippen molar-refractivity contribution in [3.63, 3.8) is 0 Å². The number of amides is 4. The summed E-state index contributed by atoms with van der Waals surface area (Å²) in [5.41, 5.74) is -1.21. The van der Waals surface area contributed by atoms with Crippen molar-refractivity contribution < 1.29 is 42.7 Å². The molecule has 1 saturated carbocycles. The first-order chi connectivity index (χ1) is 24.6. The molecule has 4 aliphatic rings. The van der Waals surface area contributed by atoms with Crippen LogP contribution in [0.5, 0.6) is 5.75 Å². The number of ketones is 1. The number of halogens is 2. The smallest absolute Gasteiger partial charge is 0.289 e. The molecule has 2 saturated heterocycles. The zero-order valence-corrected chi connectivity index (χ0v) is 31.4. The van der Waals surface area contributed by atoms with Gasteiger partial charge in [-0.3, -0.25) is 24.0 Å². The van der Waals surface area contributed by atoms with Gasteiger partial charge in [-0.1, -0.05) is 50.9 Å². The minimum atomic E-state index is -1.18. The summed E-state index contributed by atoms with van der Waals surface area (Å²) in [4.78, 5) is 75.4. The van der Waals surface area contributed by atoms with Gasteiger partial charge >= 0.3 is 0 Å². The topological polar surface area (TPSA) is 165 Å². The van der Waals surface area contributed by atoms with Gasteiger partial charge in [0.2, 0.25) is 23.5 Å². The van der Waals surface area contributed by atoms with E-state index >= 15 is 0 Å². The normalized spacial score (nSPS) is 23.0. The Morgan fingerprint density at radius 3 is 2.42 bits per heavy atom. The summed E-state index contributed by atoms with van der Waals surface area (Å²) in [5.74, 6) is -3.53. The highest BCUT2D eigenvalue weighted by Crippen LogP contribution is 2.41. The van der Waals surface area contributed by atoms with Gasteiger partial charge in [0.05, 0.1) is 29.9 Å². The van der Waals surface area contributed by atoms with Crippen molar-refractivity contribution in [3.8, 4) is 5.75 Å². The predicted octanol–water partition coefficient (Wildman–Crippen LogP) is 3.82. The molecule has 286 valence electrons. The number of oxime groups is 1. The Morgan fingerprint density at radius 1 is 1.10 bits per heavy atom. The Morgan fingerprint density at radius 2 is 1.81 bits per heavy atom. The highest BCUT2D eigenvalue weighted by atomic mass is 35.5. The first kappa shape index (κ1) is 39.4. The number of Topliss-reactive ketones (excluding diaryl/α,β-unsaturated/α-hetero) is 1. The summed E-state index contributed by atoms with van der Waals surface area (Å²) in [6, 6.07) is -0.525. The first-order valence-corrected chi connectivity index (χ1v) is 18.7. The standard InChI is InChI=1S/C37H51ClFN5O8/c1-6-8-26(30(46)34(48)40-23-9-10-23)41-33(47)28-19-37(18-27(43-52-37)22-16-24(38)31(51-7-2)25(39)17-22)20-44(28)35(49)32(36(3,4)5)42-29(45)15-21-11-13-50-14-12-21/h16-17,21,23,26,28,32H,6-15,18-20H2,1-5H3,(H,40,48)(H,41,47)(H,42,45)/t26-,28-,32+,37+/m0/s1. The lowest BCUT2D eigenvalue weighted by Crippen LogP contribution is -2.59. The molecule has 0 radical (unpaired) electrons.